The van der Waals surface area contributed by atoms with Crippen LogP contribution in [0.1, 0.15) is 41.4 Å². The quantitative estimate of drug-likeness (QED) is 0.246. The van der Waals surface area contributed by atoms with Crippen molar-refractivity contribution in [1.82, 2.24) is 20.1 Å². The monoisotopic (exact) mass is 584 g/mol. The number of hydrogen-bond donors (Lipinski definition) is 2. The van der Waals surface area contributed by atoms with Crippen molar-refractivity contribution in [3.05, 3.63) is 87.2 Å². The first kappa shape index (κ1) is 26.8. The molecule has 4 aromatic rings. The molecular formula is C27H23Cl3N6O3. The predicted octanol–water partition coefficient (Wildman–Crippen LogP) is 6.86. The molecule has 0 bridgehead atoms. The average molecular weight is 586 g/mol. The topological polar surface area (TPSA) is 115 Å². The molecule has 0 unspecified atom stereocenters. The normalized spacial score (nSPS) is 13.0. The molecule has 39 heavy (non-hydrogen) atoms. The number of ether oxygens (including phenoxy) is 1. The van der Waals surface area contributed by atoms with Gasteiger partial charge in [-0.05, 0) is 49.2 Å². The minimum Gasteiger partial charge on any atom is -0.457 e. The minimum absolute atomic E-state index is 0.203. The first-order chi connectivity index (χ1) is 18.7. The minimum atomic E-state index is -0.760. The largest absolute Gasteiger partial charge is 0.457 e. The van der Waals surface area contributed by atoms with Gasteiger partial charge in [0.2, 0.25) is 0 Å². The molecule has 2 heterocycles. The van der Waals surface area contributed by atoms with Crippen molar-refractivity contribution in [2.24, 2.45) is 5.73 Å². The highest BCUT2D eigenvalue weighted by molar-refractivity contribution is 6.35. The highest BCUT2D eigenvalue weighted by Gasteiger charge is 2.29. The number of rotatable bonds is 7. The van der Waals surface area contributed by atoms with Crippen LogP contribution in [0.3, 0.4) is 0 Å². The molecule has 3 N–H and O–H groups in total. The Balaban J connectivity index is 1.53. The van der Waals surface area contributed by atoms with Gasteiger partial charge < -0.3 is 15.8 Å². The highest BCUT2D eigenvalue weighted by Crippen LogP contribution is 2.41. The van der Waals surface area contributed by atoms with Crippen LogP contribution in [-0.2, 0) is 0 Å². The number of urea groups is 1. The lowest BCUT2D eigenvalue weighted by Gasteiger charge is -2.23. The van der Waals surface area contributed by atoms with Gasteiger partial charge in [-0.25, -0.2) is 14.4 Å². The molecule has 9 nitrogen and oxygen atoms in total. The average Bonchev–Trinajstić information content (AvgIpc) is 3.27. The van der Waals surface area contributed by atoms with Crippen molar-refractivity contribution in [3.63, 3.8) is 0 Å². The Kier molecular flexibility index (Phi) is 7.65. The lowest BCUT2D eigenvalue weighted by atomic mass is 9.83. The summed E-state index contributed by atoms with van der Waals surface area (Å²) >= 11 is 19.2. The van der Waals surface area contributed by atoms with Crippen LogP contribution >= 0.6 is 34.8 Å². The standard InChI is InChI=1S/C27H23Cl3N6O3/c1-32-26(37)23-13-20(7-8-33-23)39-19-5-6-24(21(30)12-19)35(27(31)38)25-14-22(15-3-2-4-15)34-36(25)18-10-16(28)9-17(29)11-18/h5-15H,2-4H2,1H3,(H2,31,38)(H,32,37). The molecule has 0 radical (unpaired) electrons. The van der Waals surface area contributed by atoms with E-state index >= 15 is 0 Å². The molecule has 0 aliphatic heterocycles. The predicted molar refractivity (Wildman–Crippen MR) is 151 cm³/mol. The van der Waals surface area contributed by atoms with Gasteiger partial charge in [-0.1, -0.05) is 41.2 Å². The molecule has 0 spiro atoms. The SMILES string of the molecule is CNC(=O)c1cc(Oc2ccc(N(C(N)=O)c3cc(C4CCC4)nn3-c3cc(Cl)cc(Cl)c3)c(Cl)c2)ccn1. The summed E-state index contributed by atoms with van der Waals surface area (Å²) in [7, 11) is 1.52. The third-order valence-corrected chi connectivity index (χ3v) is 7.10. The van der Waals surface area contributed by atoms with Gasteiger partial charge in [0.05, 0.1) is 22.1 Å². The molecule has 2 aromatic heterocycles. The number of aromatic nitrogens is 3. The molecule has 200 valence electrons. The number of carbonyl (C=O) groups is 2. The number of benzene rings is 2. The third-order valence-electron chi connectivity index (χ3n) is 6.36. The molecule has 1 aliphatic rings. The molecule has 0 atom stereocenters. The maximum atomic E-state index is 12.9. The summed E-state index contributed by atoms with van der Waals surface area (Å²) < 4.78 is 7.48. The van der Waals surface area contributed by atoms with E-state index in [-0.39, 0.29) is 22.5 Å². The van der Waals surface area contributed by atoms with Crippen LogP contribution in [0.2, 0.25) is 15.1 Å². The summed E-state index contributed by atoms with van der Waals surface area (Å²) in [6.45, 7) is 0. The zero-order valence-electron chi connectivity index (χ0n) is 20.7. The summed E-state index contributed by atoms with van der Waals surface area (Å²) in [6.07, 6.45) is 4.60. The van der Waals surface area contributed by atoms with Gasteiger partial charge >= 0.3 is 6.03 Å². The Morgan fingerprint density at radius 3 is 2.36 bits per heavy atom. The van der Waals surface area contributed by atoms with Gasteiger partial charge in [0, 0.05) is 47.4 Å². The summed E-state index contributed by atoms with van der Waals surface area (Å²) in [5.41, 5.74) is 7.82. The van der Waals surface area contributed by atoms with Gasteiger partial charge in [-0.2, -0.15) is 5.10 Å². The molecule has 12 heteroatoms. The van der Waals surface area contributed by atoms with Crippen LogP contribution in [-0.4, -0.2) is 33.8 Å². The smallest absolute Gasteiger partial charge is 0.325 e. The van der Waals surface area contributed by atoms with Crippen LogP contribution < -0.4 is 20.7 Å². The van der Waals surface area contributed by atoms with Crippen LogP contribution in [0.5, 0.6) is 11.5 Å². The Morgan fingerprint density at radius 1 is 1.03 bits per heavy atom. The fourth-order valence-corrected chi connectivity index (χ4v) is 5.02. The summed E-state index contributed by atoms with van der Waals surface area (Å²) in [5, 5.41) is 8.35. The van der Waals surface area contributed by atoms with E-state index in [1.165, 1.54) is 24.2 Å². The fraction of sp³-hybridized carbons (Fsp3) is 0.185. The van der Waals surface area contributed by atoms with Gasteiger partial charge in [-0.3, -0.25) is 9.78 Å². The maximum Gasteiger partial charge on any atom is 0.325 e. The molecule has 3 amide bonds. The Bertz CT molecular complexity index is 1550. The van der Waals surface area contributed by atoms with Crippen LogP contribution in [0.15, 0.2) is 60.8 Å². The molecular weight excluding hydrogens is 563 g/mol. The second-order valence-electron chi connectivity index (χ2n) is 8.94. The number of nitrogens with one attached hydrogen (secondary N) is 1. The second kappa shape index (κ2) is 11.1. The zero-order valence-corrected chi connectivity index (χ0v) is 23.0. The molecule has 0 saturated heterocycles. The summed E-state index contributed by atoms with van der Waals surface area (Å²) in [6, 6.07) is 14.0. The first-order valence-corrected chi connectivity index (χ1v) is 13.2. The van der Waals surface area contributed by atoms with Gasteiger partial charge in [0.25, 0.3) is 5.91 Å². The third kappa shape index (κ3) is 5.66. The lowest BCUT2D eigenvalue weighted by molar-refractivity contribution is 0.0958. The first-order valence-electron chi connectivity index (χ1n) is 12.0. The van der Waals surface area contributed by atoms with Crippen molar-refractivity contribution < 1.29 is 14.3 Å². The summed E-state index contributed by atoms with van der Waals surface area (Å²) in [5.74, 6) is 1.10. The number of carbonyl (C=O) groups excluding carboxylic acids is 2. The second-order valence-corrected chi connectivity index (χ2v) is 10.2. The number of amides is 3. The van der Waals surface area contributed by atoms with Crippen molar-refractivity contribution in [2.45, 2.75) is 25.2 Å². The Morgan fingerprint density at radius 2 is 1.74 bits per heavy atom. The summed E-state index contributed by atoms with van der Waals surface area (Å²) in [4.78, 5) is 30.1. The molecule has 2 aromatic carbocycles. The van der Waals surface area contributed by atoms with E-state index in [0.29, 0.717) is 38.7 Å². The van der Waals surface area contributed by atoms with Crippen molar-refractivity contribution in [1.29, 1.82) is 0 Å². The maximum absolute atomic E-state index is 12.9. The molecule has 1 fully saturated rings. The number of nitrogens with two attached hydrogens (primary N) is 1. The number of nitrogens with zero attached hydrogens (tertiary/aromatic N) is 4. The van der Waals surface area contributed by atoms with Gasteiger partial charge in [-0.15, -0.1) is 0 Å². The number of pyridine rings is 1. The van der Waals surface area contributed by atoms with E-state index in [2.05, 4.69) is 10.3 Å². The van der Waals surface area contributed by atoms with E-state index in [0.717, 1.165) is 25.0 Å². The van der Waals surface area contributed by atoms with E-state index in [1.54, 1.807) is 47.1 Å². The van der Waals surface area contributed by atoms with Crippen LogP contribution in [0.25, 0.3) is 5.69 Å². The lowest BCUT2D eigenvalue weighted by Crippen LogP contribution is -2.33. The van der Waals surface area contributed by atoms with Crippen LogP contribution in [0, 0.1) is 0 Å². The van der Waals surface area contributed by atoms with Gasteiger partial charge in [0.1, 0.15) is 23.0 Å². The van der Waals surface area contributed by atoms with E-state index in [4.69, 9.17) is 50.4 Å². The number of anilines is 2. The zero-order chi connectivity index (χ0) is 27.7. The number of halogens is 3. The van der Waals surface area contributed by atoms with E-state index in [9.17, 15) is 9.59 Å². The Hall–Kier alpha value is -3.79. The van der Waals surface area contributed by atoms with E-state index < -0.39 is 6.03 Å². The number of primary amides is 1. The molecule has 5 rings (SSSR count). The van der Waals surface area contributed by atoms with Crippen LogP contribution in [0.4, 0.5) is 16.3 Å². The van der Waals surface area contributed by atoms with Gasteiger partial charge in [0.15, 0.2) is 0 Å². The Labute approximate surface area is 239 Å². The van der Waals surface area contributed by atoms with E-state index in [1.807, 2.05) is 6.07 Å². The van der Waals surface area contributed by atoms with Crippen molar-refractivity contribution >= 4 is 58.2 Å². The van der Waals surface area contributed by atoms with Crippen molar-refractivity contribution in [3.8, 4) is 17.2 Å². The molecule has 1 saturated carbocycles. The van der Waals surface area contributed by atoms with Crippen molar-refractivity contribution in [2.75, 3.05) is 11.9 Å². The highest BCUT2D eigenvalue weighted by atomic mass is 35.5. The molecule has 1 aliphatic carbocycles. The number of hydrogen-bond acceptors (Lipinski definition) is 5. The fourth-order valence-electron chi connectivity index (χ4n) is 4.25.